The first kappa shape index (κ1) is 21.5. The largest absolute Gasteiger partial charge is 0.496 e. The maximum Gasteiger partial charge on any atom is 0.341 e. The van der Waals surface area contributed by atoms with E-state index in [1.165, 1.54) is 14.2 Å². The third kappa shape index (κ3) is 5.61. The van der Waals surface area contributed by atoms with Crippen LogP contribution in [0.15, 0.2) is 23.2 Å². The molecule has 1 heterocycles. The summed E-state index contributed by atoms with van der Waals surface area (Å²) in [5, 5.41) is 6.64. The van der Waals surface area contributed by atoms with E-state index >= 15 is 0 Å². The summed E-state index contributed by atoms with van der Waals surface area (Å²) in [5.74, 6) is 0.912. The predicted molar refractivity (Wildman–Crippen MR) is 108 cm³/mol. The number of guanidine groups is 1. The summed E-state index contributed by atoms with van der Waals surface area (Å²) >= 11 is 0. The lowest BCUT2D eigenvalue weighted by Gasteiger charge is -2.18. The number of nitrogens with zero attached hydrogens (tertiary/aromatic N) is 2. The molecule has 8 nitrogen and oxygen atoms in total. The Morgan fingerprint density at radius 1 is 1.29 bits per heavy atom. The van der Waals surface area contributed by atoms with E-state index in [0.29, 0.717) is 36.8 Å². The van der Waals surface area contributed by atoms with E-state index in [2.05, 4.69) is 15.6 Å². The molecular formula is C20H30N4O4. The van der Waals surface area contributed by atoms with E-state index in [9.17, 15) is 9.59 Å². The van der Waals surface area contributed by atoms with Gasteiger partial charge in [-0.3, -0.25) is 4.79 Å². The Hall–Kier alpha value is -2.77. The predicted octanol–water partition coefficient (Wildman–Crippen LogP) is 1.55. The molecule has 28 heavy (non-hydrogen) atoms. The molecule has 2 N–H and O–H groups in total. The van der Waals surface area contributed by atoms with Gasteiger partial charge in [-0.25, -0.2) is 9.79 Å². The number of carbonyl (C=O) groups excluding carboxylic acids is 2. The Balaban J connectivity index is 2.04. The lowest BCUT2D eigenvalue weighted by Crippen LogP contribution is -2.45. The van der Waals surface area contributed by atoms with E-state index in [4.69, 9.17) is 9.47 Å². The number of esters is 1. The zero-order valence-electron chi connectivity index (χ0n) is 17.1. The summed E-state index contributed by atoms with van der Waals surface area (Å²) in [6.45, 7) is 6.52. The van der Waals surface area contributed by atoms with Gasteiger partial charge < -0.3 is 25.0 Å². The minimum absolute atomic E-state index is 0.184. The van der Waals surface area contributed by atoms with Crippen molar-refractivity contribution >= 4 is 17.8 Å². The van der Waals surface area contributed by atoms with Crippen molar-refractivity contribution in [3.63, 3.8) is 0 Å². The van der Waals surface area contributed by atoms with E-state index < -0.39 is 5.97 Å². The minimum Gasteiger partial charge on any atom is -0.496 e. The zero-order chi connectivity index (χ0) is 20.5. The van der Waals surface area contributed by atoms with Gasteiger partial charge in [-0.05, 0) is 31.0 Å². The number of methoxy groups -OCH3 is 2. The number of ether oxygens (including phenoxy) is 2. The van der Waals surface area contributed by atoms with Gasteiger partial charge in [-0.2, -0.15) is 0 Å². The first-order valence-corrected chi connectivity index (χ1v) is 9.60. The standard InChI is InChI=1S/C20H30N4O4/c1-5-18(25)24-10-9-15(13-24)23-20(21-6-2)22-12-14-7-8-16(19(26)28-4)17(11-14)27-3/h7-8,11,15H,5-6,9-10,12-13H2,1-4H3,(H2,21,22,23). The smallest absolute Gasteiger partial charge is 0.341 e. The first-order valence-electron chi connectivity index (χ1n) is 9.60. The Morgan fingerprint density at radius 3 is 2.71 bits per heavy atom. The number of amides is 1. The number of hydrogen-bond acceptors (Lipinski definition) is 5. The van der Waals surface area contributed by atoms with Crippen LogP contribution >= 0.6 is 0 Å². The van der Waals surface area contributed by atoms with Crippen molar-refractivity contribution in [3.8, 4) is 5.75 Å². The molecule has 1 atom stereocenters. The molecule has 1 amide bonds. The second-order valence-electron chi connectivity index (χ2n) is 6.54. The maximum atomic E-state index is 11.8. The highest BCUT2D eigenvalue weighted by Gasteiger charge is 2.25. The maximum absolute atomic E-state index is 11.8. The Bertz CT molecular complexity index is 720. The van der Waals surface area contributed by atoms with Crippen LogP contribution in [0.25, 0.3) is 0 Å². The quantitative estimate of drug-likeness (QED) is 0.417. The van der Waals surface area contributed by atoms with Gasteiger partial charge in [0.05, 0.1) is 20.8 Å². The van der Waals surface area contributed by atoms with Gasteiger partial charge in [0.25, 0.3) is 0 Å². The molecule has 0 bridgehead atoms. The molecule has 0 spiro atoms. The van der Waals surface area contributed by atoms with Crippen molar-refractivity contribution in [3.05, 3.63) is 29.3 Å². The number of hydrogen-bond donors (Lipinski definition) is 2. The fourth-order valence-electron chi connectivity index (χ4n) is 3.12. The fourth-order valence-corrected chi connectivity index (χ4v) is 3.12. The molecule has 8 heteroatoms. The first-order chi connectivity index (χ1) is 13.5. The molecular weight excluding hydrogens is 360 g/mol. The van der Waals surface area contributed by atoms with Crippen LogP contribution in [0.5, 0.6) is 5.75 Å². The van der Waals surface area contributed by atoms with Crippen LogP contribution in [0, 0.1) is 0 Å². The van der Waals surface area contributed by atoms with Gasteiger partial charge in [0, 0.05) is 32.1 Å². The monoisotopic (exact) mass is 390 g/mol. The van der Waals surface area contributed by atoms with Crippen molar-refractivity contribution in [2.24, 2.45) is 4.99 Å². The number of benzene rings is 1. The van der Waals surface area contributed by atoms with Crippen molar-refractivity contribution in [2.45, 2.75) is 39.3 Å². The average molecular weight is 390 g/mol. The molecule has 1 aromatic rings. The lowest BCUT2D eigenvalue weighted by atomic mass is 10.1. The molecule has 0 radical (unpaired) electrons. The minimum atomic E-state index is -0.436. The lowest BCUT2D eigenvalue weighted by molar-refractivity contribution is -0.129. The molecule has 1 aliphatic rings. The topological polar surface area (TPSA) is 92.3 Å². The Morgan fingerprint density at radius 2 is 2.07 bits per heavy atom. The highest BCUT2D eigenvalue weighted by Crippen LogP contribution is 2.21. The number of nitrogens with one attached hydrogen (secondary N) is 2. The number of aliphatic imine (C=N–C) groups is 1. The van der Waals surface area contributed by atoms with Crippen LogP contribution < -0.4 is 15.4 Å². The van der Waals surface area contributed by atoms with Crippen LogP contribution in [-0.2, 0) is 16.1 Å². The third-order valence-electron chi connectivity index (χ3n) is 4.62. The normalized spacial score (nSPS) is 16.6. The van der Waals surface area contributed by atoms with E-state index in [-0.39, 0.29) is 11.9 Å². The highest BCUT2D eigenvalue weighted by molar-refractivity contribution is 5.92. The molecule has 0 aromatic heterocycles. The zero-order valence-corrected chi connectivity index (χ0v) is 17.1. The molecule has 2 rings (SSSR count). The molecule has 1 unspecified atom stereocenters. The van der Waals surface area contributed by atoms with Gasteiger partial charge in [-0.1, -0.05) is 13.0 Å². The van der Waals surface area contributed by atoms with Gasteiger partial charge >= 0.3 is 5.97 Å². The summed E-state index contributed by atoms with van der Waals surface area (Å²) in [6, 6.07) is 5.49. The number of carbonyl (C=O) groups is 2. The SMILES string of the molecule is CCNC(=NCc1ccc(C(=O)OC)c(OC)c1)NC1CCN(C(=O)CC)C1. The summed E-state index contributed by atoms with van der Waals surface area (Å²) in [5.41, 5.74) is 1.30. The third-order valence-corrected chi connectivity index (χ3v) is 4.62. The molecule has 0 aliphatic carbocycles. The van der Waals surface area contributed by atoms with E-state index in [0.717, 1.165) is 25.1 Å². The summed E-state index contributed by atoms with van der Waals surface area (Å²) in [7, 11) is 2.86. The second-order valence-corrected chi connectivity index (χ2v) is 6.54. The molecule has 154 valence electrons. The van der Waals surface area contributed by atoms with Gasteiger partial charge in [0.1, 0.15) is 11.3 Å². The van der Waals surface area contributed by atoms with Crippen LogP contribution in [0.2, 0.25) is 0 Å². The summed E-state index contributed by atoms with van der Waals surface area (Å²) in [6.07, 6.45) is 1.43. The van der Waals surface area contributed by atoms with Gasteiger partial charge in [0.15, 0.2) is 5.96 Å². The summed E-state index contributed by atoms with van der Waals surface area (Å²) in [4.78, 5) is 30.1. The summed E-state index contributed by atoms with van der Waals surface area (Å²) < 4.78 is 10.1. The average Bonchev–Trinajstić information content (AvgIpc) is 3.19. The van der Waals surface area contributed by atoms with Crippen LogP contribution in [-0.4, -0.2) is 62.6 Å². The molecule has 1 saturated heterocycles. The van der Waals surface area contributed by atoms with Crippen molar-refractivity contribution in [2.75, 3.05) is 33.9 Å². The van der Waals surface area contributed by atoms with Gasteiger partial charge in [0.2, 0.25) is 5.91 Å². The molecule has 1 fully saturated rings. The van der Waals surface area contributed by atoms with Crippen molar-refractivity contribution in [1.82, 2.24) is 15.5 Å². The Labute approximate surface area is 166 Å². The van der Waals surface area contributed by atoms with E-state index in [1.807, 2.05) is 24.8 Å². The fraction of sp³-hybridized carbons (Fsp3) is 0.550. The highest BCUT2D eigenvalue weighted by atomic mass is 16.5. The molecule has 1 aliphatic heterocycles. The molecule has 1 aromatic carbocycles. The van der Waals surface area contributed by atoms with Gasteiger partial charge in [-0.15, -0.1) is 0 Å². The number of rotatable bonds is 7. The van der Waals surface area contributed by atoms with Crippen molar-refractivity contribution < 1.29 is 19.1 Å². The molecule has 0 saturated carbocycles. The van der Waals surface area contributed by atoms with Crippen LogP contribution in [0.1, 0.15) is 42.6 Å². The second kappa shape index (κ2) is 10.5. The van der Waals surface area contributed by atoms with E-state index in [1.54, 1.807) is 12.1 Å². The Kier molecular flexibility index (Phi) is 8.10. The van der Waals surface area contributed by atoms with Crippen molar-refractivity contribution in [1.29, 1.82) is 0 Å². The van der Waals surface area contributed by atoms with Crippen LogP contribution in [0.3, 0.4) is 0 Å². The van der Waals surface area contributed by atoms with Crippen LogP contribution in [0.4, 0.5) is 0 Å². The number of likely N-dealkylation sites (tertiary alicyclic amines) is 1.